The summed E-state index contributed by atoms with van der Waals surface area (Å²) in [5.41, 5.74) is 0. The van der Waals surface area contributed by atoms with Crippen molar-refractivity contribution in [3.05, 3.63) is 0 Å². The summed E-state index contributed by atoms with van der Waals surface area (Å²) in [5.74, 6) is 2.46. The maximum atomic E-state index is 11.8. The summed E-state index contributed by atoms with van der Waals surface area (Å²) in [4.78, 5) is 17.9. The van der Waals surface area contributed by atoms with Crippen LogP contribution in [0.15, 0.2) is 4.99 Å². The van der Waals surface area contributed by atoms with Gasteiger partial charge in [-0.05, 0) is 43.9 Å². The van der Waals surface area contributed by atoms with Crippen LogP contribution in [0.3, 0.4) is 0 Å². The van der Waals surface area contributed by atoms with E-state index in [1.54, 1.807) is 19.0 Å². The molecule has 0 aromatic rings. The fourth-order valence-electron chi connectivity index (χ4n) is 4.05. The summed E-state index contributed by atoms with van der Waals surface area (Å²) < 4.78 is 5.67. The fourth-order valence-corrected chi connectivity index (χ4v) is 4.05. The van der Waals surface area contributed by atoms with Crippen LogP contribution in [0, 0.1) is 11.8 Å². The molecule has 2 aliphatic carbocycles. The van der Waals surface area contributed by atoms with Crippen LogP contribution in [0.25, 0.3) is 0 Å². The van der Waals surface area contributed by atoms with E-state index in [1.165, 1.54) is 25.7 Å². The van der Waals surface area contributed by atoms with Crippen LogP contribution in [0.2, 0.25) is 0 Å². The molecule has 130 valence electrons. The van der Waals surface area contributed by atoms with Crippen molar-refractivity contribution < 1.29 is 9.53 Å². The first-order chi connectivity index (χ1) is 11.1. The Morgan fingerprint density at radius 2 is 2.13 bits per heavy atom. The number of hydrogen-bond donors (Lipinski definition) is 2. The number of carbonyl (C=O) groups excluding carboxylic acids is 1. The van der Waals surface area contributed by atoms with Crippen molar-refractivity contribution in [1.29, 1.82) is 0 Å². The minimum atomic E-state index is 0.0242. The quantitative estimate of drug-likeness (QED) is 0.585. The maximum Gasteiger partial charge on any atom is 0.243 e. The molecular weight excluding hydrogens is 292 g/mol. The number of fused-ring (bicyclic) bond motifs is 2. The number of guanidine groups is 1. The predicted octanol–water partition coefficient (Wildman–Crippen LogP) is 0.977. The number of carbonyl (C=O) groups is 1. The van der Waals surface area contributed by atoms with Crippen LogP contribution in [0.4, 0.5) is 0 Å². The number of rotatable bonds is 5. The van der Waals surface area contributed by atoms with E-state index in [0.29, 0.717) is 6.04 Å². The Bertz CT molecular complexity index is 446. The van der Waals surface area contributed by atoms with Crippen molar-refractivity contribution in [3.63, 3.8) is 0 Å². The predicted molar refractivity (Wildman–Crippen MR) is 90.3 cm³/mol. The van der Waals surface area contributed by atoms with Crippen LogP contribution in [0.5, 0.6) is 0 Å². The van der Waals surface area contributed by atoms with Crippen molar-refractivity contribution in [2.24, 2.45) is 16.8 Å². The van der Waals surface area contributed by atoms with Gasteiger partial charge in [0, 0.05) is 33.3 Å². The van der Waals surface area contributed by atoms with Crippen LogP contribution in [-0.2, 0) is 9.53 Å². The lowest BCUT2D eigenvalue weighted by Gasteiger charge is -2.26. The molecule has 1 saturated heterocycles. The molecule has 1 aliphatic heterocycles. The summed E-state index contributed by atoms with van der Waals surface area (Å²) in [6.45, 7) is 1.81. The van der Waals surface area contributed by atoms with E-state index in [2.05, 4.69) is 15.6 Å². The molecule has 3 rings (SSSR count). The maximum absolute atomic E-state index is 11.8. The van der Waals surface area contributed by atoms with Gasteiger partial charge in [0.2, 0.25) is 5.91 Å². The van der Waals surface area contributed by atoms with Crippen molar-refractivity contribution in [3.8, 4) is 0 Å². The number of nitrogens with zero attached hydrogens (tertiary/aromatic N) is 2. The zero-order chi connectivity index (χ0) is 16.2. The van der Waals surface area contributed by atoms with E-state index in [-0.39, 0.29) is 18.6 Å². The monoisotopic (exact) mass is 322 g/mol. The first-order valence-corrected chi connectivity index (χ1v) is 8.98. The van der Waals surface area contributed by atoms with Crippen molar-refractivity contribution in [2.75, 3.05) is 33.8 Å². The lowest BCUT2D eigenvalue weighted by Crippen LogP contribution is -2.47. The molecule has 3 fully saturated rings. The van der Waals surface area contributed by atoms with Gasteiger partial charge in [0.05, 0.1) is 6.10 Å². The van der Waals surface area contributed by atoms with Crippen LogP contribution >= 0.6 is 0 Å². The summed E-state index contributed by atoms with van der Waals surface area (Å²) in [6, 6.07) is 0.513. The van der Waals surface area contributed by atoms with Gasteiger partial charge in [-0.1, -0.05) is 6.42 Å². The highest BCUT2D eigenvalue weighted by Crippen LogP contribution is 2.44. The van der Waals surface area contributed by atoms with Gasteiger partial charge in [0.1, 0.15) is 6.54 Å². The highest BCUT2D eigenvalue weighted by molar-refractivity contribution is 5.85. The van der Waals surface area contributed by atoms with Crippen molar-refractivity contribution in [1.82, 2.24) is 15.5 Å². The second-order valence-corrected chi connectivity index (χ2v) is 7.39. The van der Waals surface area contributed by atoms with Gasteiger partial charge in [-0.25, -0.2) is 4.99 Å². The van der Waals surface area contributed by atoms with E-state index in [0.717, 1.165) is 43.8 Å². The lowest BCUT2D eigenvalue weighted by molar-refractivity contribution is -0.127. The summed E-state index contributed by atoms with van der Waals surface area (Å²) in [7, 11) is 3.53. The molecule has 0 spiro atoms. The highest BCUT2D eigenvalue weighted by Gasteiger charge is 2.39. The molecule has 1 heterocycles. The van der Waals surface area contributed by atoms with E-state index < -0.39 is 0 Å². The molecule has 0 aromatic heterocycles. The SMILES string of the molecule is CN(C)C(=O)CN=C(NCC1CCCO1)NC1CC2CCC1C2. The Morgan fingerprint density at radius 1 is 1.26 bits per heavy atom. The minimum absolute atomic E-state index is 0.0242. The van der Waals surface area contributed by atoms with E-state index in [9.17, 15) is 4.79 Å². The third-order valence-electron chi connectivity index (χ3n) is 5.45. The Kier molecular flexibility index (Phi) is 5.41. The zero-order valence-corrected chi connectivity index (χ0v) is 14.4. The largest absolute Gasteiger partial charge is 0.376 e. The summed E-state index contributed by atoms with van der Waals surface area (Å²) in [6.07, 6.45) is 7.82. The van der Waals surface area contributed by atoms with Crippen molar-refractivity contribution in [2.45, 2.75) is 50.7 Å². The molecule has 2 saturated carbocycles. The first-order valence-electron chi connectivity index (χ1n) is 8.98. The normalized spacial score (nSPS) is 33.0. The van der Waals surface area contributed by atoms with Crippen LogP contribution in [-0.4, -0.2) is 62.7 Å². The second kappa shape index (κ2) is 7.51. The lowest BCUT2D eigenvalue weighted by atomic mass is 9.95. The molecule has 23 heavy (non-hydrogen) atoms. The number of hydrogen-bond acceptors (Lipinski definition) is 3. The Balaban J connectivity index is 1.55. The number of likely N-dealkylation sites (N-methyl/N-ethyl adjacent to an activating group) is 1. The number of ether oxygens (including phenoxy) is 1. The van der Waals surface area contributed by atoms with E-state index in [1.807, 2.05) is 0 Å². The van der Waals surface area contributed by atoms with Gasteiger partial charge in [-0.15, -0.1) is 0 Å². The molecule has 0 aromatic carbocycles. The molecular formula is C17H30N4O2. The van der Waals surface area contributed by atoms with Crippen LogP contribution in [0.1, 0.15) is 38.5 Å². The topological polar surface area (TPSA) is 66.0 Å². The van der Waals surface area contributed by atoms with E-state index in [4.69, 9.17) is 4.74 Å². The van der Waals surface area contributed by atoms with Gasteiger partial charge >= 0.3 is 0 Å². The zero-order valence-electron chi connectivity index (χ0n) is 14.4. The van der Waals surface area contributed by atoms with E-state index >= 15 is 0 Å². The number of amides is 1. The standard InChI is InChI=1S/C17H30N4O2/c1-21(2)16(22)11-19-17(18-10-14-4-3-7-23-14)20-15-9-12-5-6-13(15)8-12/h12-15H,3-11H2,1-2H3,(H2,18,19,20). The minimum Gasteiger partial charge on any atom is -0.376 e. The molecule has 6 nitrogen and oxygen atoms in total. The Labute approximate surface area is 139 Å². The third-order valence-corrected chi connectivity index (χ3v) is 5.45. The average molecular weight is 322 g/mol. The van der Waals surface area contributed by atoms with Gasteiger partial charge < -0.3 is 20.3 Å². The second-order valence-electron chi connectivity index (χ2n) is 7.39. The fraction of sp³-hybridized carbons (Fsp3) is 0.882. The molecule has 2 N–H and O–H groups in total. The molecule has 4 unspecified atom stereocenters. The Morgan fingerprint density at radius 3 is 2.74 bits per heavy atom. The molecule has 2 bridgehead atoms. The Hall–Kier alpha value is -1.30. The highest BCUT2D eigenvalue weighted by atomic mass is 16.5. The molecule has 3 aliphatic rings. The van der Waals surface area contributed by atoms with Gasteiger partial charge in [0.25, 0.3) is 0 Å². The molecule has 4 atom stereocenters. The summed E-state index contributed by atoms with van der Waals surface area (Å²) >= 11 is 0. The summed E-state index contributed by atoms with van der Waals surface area (Å²) in [5, 5.41) is 6.96. The third kappa shape index (κ3) is 4.37. The van der Waals surface area contributed by atoms with Gasteiger partial charge in [0.15, 0.2) is 5.96 Å². The molecule has 0 radical (unpaired) electrons. The molecule has 1 amide bonds. The molecule has 6 heteroatoms. The average Bonchev–Trinajstić information content (AvgIpc) is 3.26. The van der Waals surface area contributed by atoms with Crippen LogP contribution < -0.4 is 10.6 Å². The number of aliphatic imine (C=N–C) groups is 1. The van der Waals surface area contributed by atoms with Gasteiger partial charge in [-0.3, -0.25) is 4.79 Å². The first kappa shape index (κ1) is 16.6. The smallest absolute Gasteiger partial charge is 0.243 e. The number of nitrogens with one attached hydrogen (secondary N) is 2. The van der Waals surface area contributed by atoms with Gasteiger partial charge in [-0.2, -0.15) is 0 Å². The van der Waals surface area contributed by atoms with Crippen molar-refractivity contribution >= 4 is 11.9 Å².